The van der Waals surface area contributed by atoms with Crippen LogP contribution in [0.4, 0.5) is 5.69 Å². The highest BCUT2D eigenvalue weighted by atomic mass is 79.9. The molecule has 0 atom stereocenters. The molecular weight excluding hydrogens is 334 g/mol. The second-order valence-corrected chi connectivity index (χ2v) is 5.18. The average Bonchev–Trinajstić information content (AvgIpc) is 2.78. The summed E-state index contributed by atoms with van der Waals surface area (Å²) < 4.78 is 5.30. The highest BCUT2D eigenvalue weighted by Crippen LogP contribution is 2.32. The van der Waals surface area contributed by atoms with Gasteiger partial charge >= 0.3 is 0 Å². The summed E-state index contributed by atoms with van der Waals surface area (Å²) in [5.74, 6) is 0.0365. The van der Waals surface area contributed by atoms with Crippen molar-refractivity contribution in [2.75, 3.05) is 12.0 Å². The number of alkyl halides is 1. The summed E-state index contributed by atoms with van der Waals surface area (Å²) in [5, 5.41) is 0.637. The molecule has 2 amide bonds. The van der Waals surface area contributed by atoms with Crippen LogP contribution in [0.3, 0.4) is 0 Å². The lowest BCUT2D eigenvalue weighted by Gasteiger charge is -2.16. The third kappa shape index (κ3) is 2.14. The number of amides is 2. The quantitative estimate of drug-likeness (QED) is 0.632. The summed E-state index contributed by atoms with van der Waals surface area (Å²) in [7, 11) is 1.56. The van der Waals surface area contributed by atoms with Crippen molar-refractivity contribution in [1.29, 1.82) is 0 Å². The molecule has 1 aliphatic rings. The van der Waals surface area contributed by atoms with Gasteiger partial charge in [0.2, 0.25) is 0 Å². The minimum atomic E-state index is -0.302. The van der Waals surface area contributed by atoms with E-state index in [1.165, 1.54) is 4.90 Å². The summed E-state index contributed by atoms with van der Waals surface area (Å²) >= 11 is 3.38. The molecule has 0 fully saturated rings. The van der Waals surface area contributed by atoms with E-state index in [-0.39, 0.29) is 11.8 Å². The normalized spacial score (nSPS) is 13.5. The first kappa shape index (κ1) is 13.8. The molecule has 106 valence electrons. The van der Waals surface area contributed by atoms with Crippen LogP contribution in [0.5, 0.6) is 5.75 Å². The SMILES string of the molecule is COc1cc(N2C(=O)c3ccccc3C2=O)ccc1CBr. The summed E-state index contributed by atoms with van der Waals surface area (Å²) in [5.41, 5.74) is 2.35. The van der Waals surface area contributed by atoms with E-state index in [2.05, 4.69) is 15.9 Å². The Morgan fingerprint density at radius 1 is 1.05 bits per heavy atom. The molecule has 0 bridgehead atoms. The van der Waals surface area contributed by atoms with Crippen LogP contribution in [0.1, 0.15) is 26.3 Å². The number of anilines is 1. The van der Waals surface area contributed by atoms with Gasteiger partial charge in [-0.25, -0.2) is 4.90 Å². The number of fused-ring (bicyclic) bond motifs is 1. The molecule has 5 heteroatoms. The van der Waals surface area contributed by atoms with Crippen LogP contribution in [-0.2, 0) is 5.33 Å². The van der Waals surface area contributed by atoms with Gasteiger partial charge in [0.05, 0.1) is 23.9 Å². The average molecular weight is 346 g/mol. The van der Waals surface area contributed by atoms with Gasteiger partial charge in [0.25, 0.3) is 11.8 Å². The molecule has 2 aromatic rings. The molecule has 21 heavy (non-hydrogen) atoms. The van der Waals surface area contributed by atoms with Crippen molar-refractivity contribution in [2.24, 2.45) is 0 Å². The van der Waals surface area contributed by atoms with Crippen LogP contribution >= 0.6 is 15.9 Å². The first-order valence-corrected chi connectivity index (χ1v) is 7.50. The molecule has 1 heterocycles. The van der Waals surface area contributed by atoms with Gasteiger partial charge in [-0.3, -0.25) is 9.59 Å². The first-order chi connectivity index (χ1) is 10.2. The van der Waals surface area contributed by atoms with E-state index in [9.17, 15) is 9.59 Å². The zero-order chi connectivity index (χ0) is 15.0. The lowest BCUT2D eigenvalue weighted by Crippen LogP contribution is -2.29. The Labute approximate surface area is 130 Å². The van der Waals surface area contributed by atoms with Gasteiger partial charge < -0.3 is 4.74 Å². The van der Waals surface area contributed by atoms with E-state index in [0.717, 1.165) is 5.56 Å². The van der Waals surface area contributed by atoms with E-state index < -0.39 is 0 Å². The van der Waals surface area contributed by atoms with Crippen molar-refractivity contribution in [2.45, 2.75) is 5.33 Å². The minimum absolute atomic E-state index is 0.302. The van der Waals surface area contributed by atoms with Crippen molar-refractivity contribution in [1.82, 2.24) is 0 Å². The number of ether oxygens (including phenoxy) is 1. The summed E-state index contributed by atoms with van der Waals surface area (Å²) in [6, 6.07) is 12.1. The van der Waals surface area contributed by atoms with E-state index in [1.807, 2.05) is 6.07 Å². The summed E-state index contributed by atoms with van der Waals surface area (Å²) in [6.07, 6.45) is 0. The lowest BCUT2D eigenvalue weighted by molar-refractivity contribution is 0.0926. The fourth-order valence-electron chi connectivity index (χ4n) is 2.41. The van der Waals surface area contributed by atoms with Gasteiger partial charge in [-0.1, -0.05) is 34.1 Å². The molecule has 0 unspecified atom stereocenters. The fourth-order valence-corrected chi connectivity index (χ4v) is 2.87. The Morgan fingerprint density at radius 2 is 1.67 bits per heavy atom. The van der Waals surface area contributed by atoms with Crippen LogP contribution in [0, 0.1) is 0 Å². The summed E-state index contributed by atoms with van der Waals surface area (Å²) in [4.78, 5) is 26.0. The number of imide groups is 1. The van der Waals surface area contributed by atoms with Crippen molar-refractivity contribution in [3.8, 4) is 5.75 Å². The Balaban J connectivity index is 2.07. The number of carbonyl (C=O) groups is 2. The lowest BCUT2D eigenvalue weighted by atomic mass is 10.1. The van der Waals surface area contributed by atoms with Gasteiger partial charge in [0.1, 0.15) is 5.75 Å². The molecule has 3 rings (SSSR count). The molecule has 0 saturated heterocycles. The maximum Gasteiger partial charge on any atom is 0.266 e. The Morgan fingerprint density at radius 3 is 2.19 bits per heavy atom. The zero-order valence-corrected chi connectivity index (χ0v) is 12.9. The summed E-state index contributed by atoms with van der Waals surface area (Å²) in [6.45, 7) is 0. The van der Waals surface area contributed by atoms with Gasteiger partial charge in [-0.2, -0.15) is 0 Å². The fraction of sp³-hybridized carbons (Fsp3) is 0.125. The molecule has 4 nitrogen and oxygen atoms in total. The predicted molar refractivity (Wildman–Crippen MR) is 83.2 cm³/mol. The van der Waals surface area contributed by atoms with Crippen molar-refractivity contribution in [3.63, 3.8) is 0 Å². The minimum Gasteiger partial charge on any atom is -0.496 e. The van der Waals surface area contributed by atoms with Crippen molar-refractivity contribution in [3.05, 3.63) is 59.2 Å². The number of methoxy groups -OCH3 is 1. The third-order valence-corrected chi connectivity index (χ3v) is 4.07. The monoisotopic (exact) mass is 345 g/mol. The number of halogens is 1. The molecule has 0 aromatic heterocycles. The smallest absolute Gasteiger partial charge is 0.266 e. The Hall–Kier alpha value is -2.14. The Kier molecular flexibility index (Phi) is 3.51. The highest BCUT2D eigenvalue weighted by Gasteiger charge is 2.36. The van der Waals surface area contributed by atoms with Gasteiger partial charge in [0.15, 0.2) is 0 Å². The maximum atomic E-state index is 12.4. The van der Waals surface area contributed by atoms with Crippen molar-refractivity contribution >= 4 is 33.4 Å². The van der Waals surface area contributed by atoms with Crippen LogP contribution in [0.25, 0.3) is 0 Å². The number of hydrogen-bond donors (Lipinski definition) is 0. The maximum absolute atomic E-state index is 12.4. The molecule has 0 saturated carbocycles. The molecule has 2 aromatic carbocycles. The molecule has 0 aliphatic carbocycles. The number of carbonyl (C=O) groups excluding carboxylic acids is 2. The standard InChI is InChI=1S/C16H12BrNO3/c1-21-14-8-11(7-6-10(14)9-17)18-15(19)12-4-2-3-5-13(12)16(18)20/h2-8H,9H2,1H3. The first-order valence-electron chi connectivity index (χ1n) is 6.38. The second kappa shape index (κ2) is 5.33. The molecule has 0 radical (unpaired) electrons. The molecule has 1 aliphatic heterocycles. The Bertz CT molecular complexity index is 707. The predicted octanol–water partition coefficient (Wildman–Crippen LogP) is 3.39. The van der Waals surface area contributed by atoms with E-state index in [4.69, 9.17) is 4.74 Å². The van der Waals surface area contributed by atoms with Crippen LogP contribution in [-0.4, -0.2) is 18.9 Å². The molecule has 0 N–H and O–H groups in total. The largest absolute Gasteiger partial charge is 0.496 e. The topological polar surface area (TPSA) is 46.6 Å². The van der Waals surface area contributed by atoms with Gasteiger partial charge in [0, 0.05) is 17.0 Å². The van der Waals surface area contributed by atoms with Crippen LogP contribution in [0.2, 0.25) is 0 Å². The number of rotatable bonds is 3. The van der Waals surface area contributed by atoms with Crippen LogP contribution in [0.15, 0.2) is 42.5 Å². The van der Waals surface area contributed by atoms with Crippen LogP contribution < -0.4 is 9.64 Å². The van der Waals surface area contributed by atoms with E-state index in [0.29, 0.717) is 27.9 Å². The van der Waals surface area contributed by atoms with Crippen molar-refractivity contribution < 1.29 is 14.3 Å². The van der Waals surface area contributed by atoms with Gasteiger partial charge in [-0.15, -0.1) is 0 Å². The van der Waals surface area contributed by atoms with Gasteiger partial charge in [-0.05, 0) is 18.2 Å². The number of nitrogens with zero attached hydrogens (tertiary/aromatic N) is 1. The molecule has 0 spiro atoms. The number of benzene rings is 2. The zero-order valence-electron chi connectivity index (χ0n) is 11.3. The van der Waals surface area contributed by atoms with E-state index in [1.54, 1.807) is 43.5 Å². The number of hydrogen-bond acceptors (Lipinski definition) is 3. The highest BCUT2D eigenvalue weighted by molar-refractivity contribution is 9.08. The third-order valence-electron chi connectivity index (χ3n) is 3.47. The van der Waals surface area contributed by atoms with E-state index >= 15 is 0 Å². The molecular formula is C16H12BrNO3. The second-order valence-electron chi connectivity index (χ2n) is 4.62.